The minimum atomic E-state index is -0.935. The lowest BCUT2D eigenvalue weighted by molar-refractivity contribution is 0.0695. The molecule has 0 unspecified atom stereocenters. The van der Waals surface area contributed by atoms with Gasteiger partial charge in [-0.3, -0.25) is 0 Å². The van der Waals surface area contributed by atoms with E-state index in [1.165, 1.54) is 12.8 Å². The van der Waals surface area contributed by atoms with Crippen LogP contribution in [0.3, 0.4) is 0 Å². The smallest absolute Gasteiger partial charge is 0.335 e. The van der Waals surface area contributed by atoms with Crippen LogP contribution in [0.5, 0.6) is 5.75 Å². The molecule has 0 aromatic heterocycles. The molecule has 1 aliphatic rings. The van der Waals surface area contributed by atoms with Gasteiger partial charge in [0.2, 0.25) is 0 Å². The molecule has 2 rings (SSSR count). The van der Waals surface area contributed by atoms with E-state index in [-0.39, 0.29) is 11.7 Å². The van der Waals surface area contributed by atoms with Crippen LogP contribution in [-0.4, -0.2) is 24.3 Å². The molecule has 0 amide bonds. The van der Waals surface area contributed by atoms with E-state index in [2.05, 4.69) is 0 Å². The molecule has 98 valence electrons. The van der Waals surface area contributed by atoms with Crippen molar-refractivity contribution in [3.05, 3.63) is 29.3 Å². The van der Waals surface area contributed by atoms with Gasteiger partial charge in [-0.1, -0.05) is 6.07 Å². The molecule has 0 heterocycles. The highest BCUT2D eigenvalue weighted by Gasteiger charge is 2.19. The Morgan fingerprint density at radius 2 is 2.11 bits per heavy atom. The van der Waals surface area contributed by atoms with E-state index in [1.54, 1.807) is 25.3 Å². The molecule has 0 bridgehead atoms. The molecule has 0 aliphatic heterocycles. The van der Waals surface area contributed by atoms with Gasteiger partial charge in [-0.15, -0.1) is 0 Å². The largest absolute Gasteiger partial charge is 0.490 e. The molecule has 18 heavy (non-hydrogen) atoms. The first-order valence-corrected chi connectivity index (χ1v) is 6.22. The number of carboxylic acid groups (broad SMARTS) is 1. The fourth-order valence-electron chi connectivity index (χ4n) is 2.26. The van der Waals surface area contributed by atoms with Crippen LogP contribution in [0.4, 0.5) is 0 Å². The highest BCUT2D eigenvalue weighted by molar-refractivity contribution is 5.88. The van der Waals surface area contributed by atoms with E-state index in [9.17, 15) is 4.79 Å². The molecule has 0 spiro atoms. The number of methoxy groups -OCH3 is 1. The summed E-state index contributed by atoms with van der Waals surface area (Å²) >= 11 is 0. The van der Waals surface area contributed by atoms with Crippen LogP contribution >= 0.6 is 0 Å². The Balaban J connectivity index is 2.21. The highest BCUT2D eigenvalue weighted by atomic mass is 16.5. The lowest BCUT2D eigenvalue weighted by Crippen LogP contribution is -2.13. The van der Waals surface area contributed by atoms with Crippen LogP contribution in [-0.2, 0) is 11.3 Å². The van der Waals surface area contributed by atoms with Gasteiger partial charge in [0, 0.05) is 12.7 Å². The Kier molecular flexibility index (Phi) is 4.20. The van der Waals surface area contributed by atoms with Crippen LogP contribution in [0.1, 0.15) is 41.6 Å². The van der Waals surface area contributed by atoms with Gasteiger partial charge < -0.3 is 14.6 Å². The molecule has 0 saturated heterocycles. The molecule has 1 aliphatic carbocycles. The minimum absolute atomic E-state index is 0.213. The summed E-state index contributed by atoms with van der Waals surface area (Å²) in [6, 6.07) is 4.93. The van der Waals surface area contributed by atoms with Gasteiger partial charge in [0.05, 0.1) is 18.3 Å². The first-order valence-electron chi connectivity index (χ1n) is 6.22. The third kappa shape index (κ3) is 3.01. The lowest BCUT2D eigenvalue weighted by Gasteiger charge is -2.16. The maximum absolute atomic E-state index is 11.0. The molecule has 1 aromatic rings. The maximum atomic E-state index is 11.0. The highest BCUT2D eigenvalue weighted by Crippen LogP contribution is 2.28. The van der Waals surface area contributed by atoms with Gasteiger partial charge in [-0.05, 0) is 37.8 Å². The van der Waals surface area contributed by atoms with Gasteiger partial charge in [0.1, 0.15) is 5.75 Å². The van der Waals surface area contributed by atoms with Gasteiger partial charge in [0.25, 0.3) is 0 Å². The molecule has 0 radical (unpaired) electrons. The third-order valence-electron chi connectivity index (χ3n) is 3.21. The summed E-state index contributed by atoms with van der Waals surface area (Å²) in [5, 5.41) is 9.00. The SMILES string of the molecule is COCc1ccc(C(=O)O)cc1OC1CCCC1. The minimum Gasteiger partial charge on any atom is -0.490 e. The summed E-state index contributed by atoms with van der Waals surface area (Å²) in [4.78, 5) is 11.0. The zero-order chi connectivity index (χ0) is 13.0. The van der Waals surface area contributed by atoms with Crippen LogP contribution in [0.15, 0.2) is 18.2 Å². The van der Waals surface area contributed by atoms with Crippen molar-refractivity contribution in [1.82, 2.24) is 0 Å². The van der Waals surface area contributed by atoms with Crippen molar-refractivity contribution >= 4 is 5.97 Å². The van der Waals surface area contributed by atoms with Crippen LogP contribution in [0.2, 0.25) is 0 Å². The lowest BCUT2D eigenvalue weighted by atomic mass is 10.1. The van der Waals surface area contributed by atoms with E-state index >= 15 is 0 Å². The average molecular weight is 250 g/mol. The van der Waals surface area contributed by atoms with Crippen molar-refractivity contribution in [2.24, 2.45) is 0 Å². The van der Waals surface area contributed by atoms with Crippen molar-refractivity contribution in [2.75, 3.05) is 7.11 Å². The molecule has 1 saturated carbocycles. The van der Waals surface area contributed by atoms with Crippen LogP contribution in [0, 0.1) is 0 Å². The average Bonchev–Trinajstić information content (AvgIpc) is 2.84. The van der Waals surface area contributed by atoms with Crippen molar-refractivity contribution in [3.63, 3.8) is 0 Å². The standard InChI is InChI=1S/C14H18O4/c1-17-9-11-7-6-10(14(15)16)8-13(11)18-12-4-2-3-5-12/h6-8,12H,2-5,9H2,1H3,(H,15,16). The Hall–Kier alpha value is -1.55. The van der Waals surface area contributed by atoms with Crippen molar-refractivity contribution in [2.45, 2.75) is 38.4 Å². The van der Waals surface area contributed by atoms with Gasteiger partial charge in [0.15, 0.2) is 0 Å². The van der Waals surface area contributed by atoms with Crippen LogP contribution < -0.4 is 4.74 Å². The monoisotopic (exact) mass is 250 g/mol. The maximum Gasteiger partial charge on any atom is 0.335 e. The van der Waals surface area contributed by atoms with E-state index in [1.807, 2.05) is 0 Å². The molecule has 1 aromatic carbocycles. The fourth-order valence-corrected chi connectivity index (χ4v) is 2.26. The number of hydrogen-bond donors (Lipinski definition) is 1. The van der Waals surface area contributed by atoms with Crippen molar-refractivity contribution in [3.8, 4) is 5.75 Å². The second-order valence-electron chi connectivity index (χ2n) is 4.58. The third-order valence-corrected chi connectivity index (χ3v) is 3.21. The van der Waals surface area contributed by atoms with E-state index in [4.69, 9.17) is 14.6 Å². The Bertz CT molecular complexity index is 422. The number of benzene rings is 1. The molecule has 1 fully saturated rings. The molecule has 4 nitrogen and oxygen atoms in total. The topological polar surface area (TPSA) is 55.8 Å². The number of carbonyl (C=O) groups is 1. The van der Waals surface area contributed by atoms with Gasteiger partial charge in [-0.2, -0.15) is 0 Å². The molecule has 1 N–H and O–H groups in total. The number of rotatable bonds is 5. The zero-order valence-corrected chi connectivity index (χ0v) is 10.5. The first-order chi connectivity index (χ1) is 8.70. The normalized spacial score (nSPS) is 15.8. The van der Waals surface area contributed by atoms with E-state index < -0.39 is 5.97 Å². The van der Waals surface area contributed by atoms with Crippen molar-refractivity contribution < 1.29 is 19.4 Å². The van der Waals surface area contributed by atoms with Gasteiger partial charge in [-0.25, -0.2) is 4.79 Å². The summed E-state index contributed by atoms with van der Waals surface area (Å²) in [7, 11) is 1.62. The van der Waals surface area contributed by atoms with Gasteiger partial charge >= 0.3 is 5.97 Å². The number of hydrogen-bond acceptors (Lipinski definition) is 3. The second-order valence-corrected chi connectivity index (χ2v) is 4.58. The van der Waals surface area contributed by atoms with E-state index in [0.717, 1.165) is 18.4 Å². The fraction of sp³-hybridized carbons (Fsp3) is 0.500. The number of ether oxygens (including phenoxy) is 2. The summed E-state index contributed by atoms with van der Waals surface area (Å²) in [5.41, 5.74) is 1.15. The number of aromatic carboxylic acids is 1. The number of carboxylic acids is 1. The quantitative estimate of drug-likeness (QED) is 0.873. The molecule has 0 atom stereocenters. The Labute approximate surface area is 107 Å². The molecular formula is C14H18O4. The second kappa shape index (κ2) is 5.87. The Morgan fingerprint density at radius 3 is 2.72 bits per heavy atom. The zero-order valence-electron chi connectivity index (χ0n) is 10.5. The Morgan fingerprint density at radius 1 is 1.39 bits per heavy atom. The predicted octanol–water partition coefficient (Wildman–Crippen LogP) is 2.85. The molecular weight excluding hydrogens is 232 g/mol. The van der Waals surface area contributed by atoms with Crippen molar-refractivity contribution in [1.29, 1.82) is 0 Å². The van der Waals surface area contributed by atoms with Crippen LogP contribution in [0.25, 0.3) is 0 Å². The summed E-state index contributed by atoms with van der Waals surface area (Å²) in [6.45, 7) is 0.432. The summed E-state index contributed by atoms with van der Waals surface area (Å²) in [5.74, 6) is -0.293. The summed E-state index contributed by atoms with van der Waals surface area (Å²) < 4.78 is 11.0. The summed E-state index contributed by atoms with van der Waals surface area (Å²) in [6.07, 6.45) is 4.67. The molecule has 4 heteroatoms. The predicted molar refractivity (Wildman–Crippen MR) is 67.0 cm³/mol. The first kappa shape index (κ1) is 12.9. The van der Waals surface area contributed by atoms with E-state index in [0.29, 0.717) is 12.4 Å².